The predicted octanol–water partition coefficient (Wildman–Crippen LogP) is 5.97. The summed E-state index contributed by atoms with van der Waals surface area (Å²) in [5.41, 5.74) is 1.73. The van der Waals surface area contributed by atoms with Crippen molar-refractivity contribution in [3.63, 3.8) is 0 Å². The van der Waals surface area contributed by atoms with Crippen LogP contribution in [0.5, 0.6) is 0 Å². The zero-order valence-electron chi connectivity index (χ0n) is 15.1. The predicted molar refractivity (Wildman–Crippen MR) is 88.5 cm³/mol. The van der Waals surface area contributed by atoms with Crippen molar-refractivity contribution >= 4 is 0 Å². The van der Waals surface area contributed by atoms with E-state index in [4.69, 9.17) is 0 Å². The lowest BCUT2D eigenvalue weighted by Gasteiger charge is -2.24. The van der Waals surface area contributed by atoms with E-state index in [1.165, 1.54) is 12.0 Å². The Hall–Kier alpha value is -0.300. The van der Waals surface area contributed by atoms with E-state index in [0.717, 1.165) is 12.8 Å². The third-order valence-corrected chi connectivity index (χ3v) is 2.61. The van der Waals surface area contributed by atoms with Crippen LogP contribution in [0.3, 0.4) is 0 Å². The maximum absolute atomic E-state index is 9.38. The quantitative estimate of drug-likeness (QED) is 0.626. The van der Waals surface area contributed by atoms with Crippen molar-refractivity contribution in [1.82, 2.24) is 0 Å². The van der Waals surface area contributed by atoms with E-state index in [1.54, 1.807) is 0 Å². The summed E-state index contributed by atoms with van der Waals surface area (Å²) in [6.45, 7) is 21.4. The van der Waals surface area contributed by atoms with Crippen molar-refractivity contribution in [2.45, 2.75) is 94.1 Å². The van der Waals surface area contributed by atoms with Crippen molar-refractivity contribution in [1.29, 1.82) is 0 Å². The Morgan fingerprint density at radius 2 is 1.21 bits per heavy atom. The van der Waals surface area contributed by atoms with Crippen molar-refractivity contribution in [2.24, 2.45) is 10.8 Å². The number of hydrogen-bond donors (Lipinski definition) is 1. The average molecular weight is 271 g/mol. The summed E-state index contributed by atoms with van der Waals surface area (Å²) >= 11 is 0. The van der Waals surface area contributed by atoms with Gasteiger partial charge in [0.25, 0.3) is 0 Å². The molecule has 0 atom stereocenters. The molecule has 0 aliphatic rings. The summed E-state index contributed by atoms with van der Waals surface area (Å²) in [5.74, 6) is 0. The molecule has 0 spiro atoms. The molecular formula is C18H38O. The van der Waals surface area contributed by atoms with E-state index >= 15 is 0 Å². The molecule has 0 aromatic heterocycles. The molecule has 0 aliphatic heterocycles. The zero-order chi connectivity index (χ0) is 15.9. The fourth-order valence-electron chi connectivity index (χ4n) is 1.19. The molecule has 0 aromatic rings. The number of allylic oxidation sites excluding steroid dienone is 2. The van der Waals surface area contributed by atoms with Crippen molar-refractivity contribution in [3.05, 3.63) is 11.6 Å². The first-order valence-electron chi connectivity index (χ1n) is 7.48. The molecule has 0 unspecified atom stereocenters. The van der Waals surface area contributed by atoms with Crippen LogP contribution >= 0.6 is 0 Å². The maximum Gasteiger partial charge on any atom is 0.0592 e. The number of rotatable bonds is 3. The molecule has 0 fully saturated rings. The van der Waals surface area contributed by atoms with Gasteiger partial charge in [-0.1, -0.05) is 53.2 Å². The van der Waals surface area contributed by atoms with Gasteiger partial charge in [0, 0.05) is 0 Å². The highest BCUT2D eigenvalue weighted by Crippen LogP contribution is 2.24. The molecule has 0 amide bonds. The minimum Gasteiger partial charge on any atom is -0.390 e. The zero-order valence-corrected chi connectivity index (χ0v) is 15.1. The smallest absolute Gasteiger partial charge is 0.0592 e. The molecule has 0 radical (unpaired) electrons. The van der Waals surface area contributed by atoms with Crippen molar-refractivity contribution < 1.29 is 5.11 Å². The minimum atomic E-state index is -0.493. The van der Waals surface area contributed by atoms with Crippen molar-refractivity contribution in [3.8, 4) is 0 Å². The Bertz CT molecular complexity index is 235. The van der Waals surface area contributed by atoms with Crippen molar-refractivity contribution in [2.75, 3.05) is 0 Å². The molecular weight excluding hydrogens is 232 g/mol. The summed E-state index contributed by atoms with van der Waals surface area (Å²) in [6, 6.07) is 0. The standard InChI is InChI=1S/C9H20O.C9H18/c1-8(2,3)6-7-9(4,5)10;1-8(2)6-7-9(3,4)5/h10H,6-7H2,1-5H3;6H,7H2,1-5H3. The molecule has 0 saturated heterocycles. The van der Waals surface area contributed by atoms with Gasteiger partial charge in [-0.05, 0) is 57.8 Å². The Morgan fingerprint density at radius 3 is 1.32 bits per heavy atom. The second-order valence-corrected chi connectivity index (χ2v) is 8.92. The molecule has 0 aliphatic carbocycles. The Labute approximate surface area is 122 Å². The summed E-state index contributed by atoms with van der Waals surface area (Å²) in [6.07, 6.45) is 5.45. The first-order valence-corrected chi connectivity index (χ1v) is 7.48. The fourth-order valence-corrected chi connectivity index (χ4v) is 1.19. The maximum atomic E-state index is 9.38. The summed E-state index contributed by atoms with van der Waals surface area (Å²) < 4.78 is 0. The van der Waals surface area contributed by atoms with E-state index in [0.29, 0.717) is 10.8 Å². The molecule has 0 aromatic carbocycles. The average Bonchev–Trinajstić information content (AvgIpc) is 2.10. The molecule has 0 saturated carbocycles. The second-order valence-electron chi connectivity index (χ2n) is 8.92. The molecule has 19 heavy (non-hydrogen) atoms. The van der Waals surface area contributed by atoms with Gasteiger partial charge in [-0.2, -0.15) is 0 Å². The van der Waals surface area contributed by atoms with Gasteiger partial charge >= 0.3 is 0 Å². The Kier molecular flexibility index (Phi) is 8.95. The third-order valence-electron chi connectivity index (χ3n) is 2.61. The van der Waals surface area contributed by atoms with Gasteiger partial charge in [-0.25, -0.2) is 0 Å². The molecule has 1 N–H and O–H groups in total. The molecule has 0 rings (SSSR count). The minimum absolute atomic E-state index is 0.347. The normalized spacial score (nSPS) is 12.6. The van der Waals surface area contributed by atoms with Crippen LogP contribution in [0.25, 0.3) is 0 Å². The van der Waals surface area contributed by atoms with Gasteiger partial charge in [0.15, 0.2) is 0 Å². The highest BCUT2D eigenvalue weighted by molar-refractivity contribution is 4.94. The number of aliphatic hydroxyl groups is 1. The summed E-state index contributed by atoms with van der Waals surface area (Å²) in [4.78, 5) is 0. The highest BCUT2D eigenvalue weighted by atomic mass is 16.3. The number of hydrogen-bond acceptors (Lipinski definition) is 1. The monoisotopic (exact) mass is 270 g/mol. The topological polar surface area (TPSA) is 20.2 Å². The van der Waals surface area contributed by atoms with Gasteiger partial charge < -0.3 is 5.11 Å². The van der Waals surface area contributed by atoms with Crippen LogP contribution in [0, 0.1) is 10.8 Å². The van der Waals surface area contributed by atoms with Crippen LogP contribution in [0.4, 0.5) is 0 Å². The van der Waals surface area contributed by atoms with E-state index in [2.05, 4.69) is 61.5 Å². The van der Waals surface area contributed by atoms with Crippen LogP contribution in [0.15, 0.2) is 11.6 Å². The third kappa shape index (κ3) is 27.0. The fraction of sp³-hybridized carbons (Fsp3) is 0.889. The van der Waals surface area contributed by atoms with Gasteiger partial charge in [-0.3, -0.25) is 0 Å². The van der Waals surface area contributed by atoms with Gasteiger partial charge in [0.05, 0.1) is 5.60 Å². The van der Waals surface area contributed by atoms with Crippen LogP contribution in [0.2, 0.25) is 0 Å². The van der Waals surface area contributed by atoms with E-state index in [-0.39, 0.29) is 0 Å². The van der Waals surface area contributed by atoms with Gasteiger partial charge in [-0.15, -0.1) is 0 Å². The van der Waals surface area contributed by atoms with Crippen LogP contribution < -0.4 is 0 Å². The highest BCUT2D eigenvalue weighted by Gasteiger charge is 2.17. The lowest BCUT2D eigenvalue weighted by molar-refractivity contribution is 0.0582. The van der Waals surface area contributed by atoms with Gasteiger partial charge in [0.1, 0.15) is 0 Å². The van der Waals surface area contributed by atoms with E-state index in [9.17, 15) is 5.11 Å². The van der Waals surface area contributed by atoms with Crippen LogP contribution in [-0.4, -0.2) is 10.7 Å². The second kappa shape index (κ2) is 8.09. The first kappa shape index (κ1) is 21.0. The molecule has 116 valence electrons. The SMILES string of the molecule is CC(C)(C)CCC(C)(C)O.CC(C)=CCC(C)(C)C. The molecule has 0 heterocycles. The van der Waals surface area contributed by atoms with Crippen LogP contribution in [0.1, 0.15) is 88.5 Å². The Balaban J connectivity index is 0. The molecule has 1 nitrogen and oxygen atoms in total. The first-order chi connectivity index (χ1) is 8.12. The summed E-state index contributed by atoms with van der Waals surface area (Å²) in [7, 11) is 0. The van der Waals surface area contributed by atoms with Gasteiger partial charge in [0.2, 0.25) is 0 Å². The largest absolute Gasteiger partial charge is 0.390 e. The lowest BCUT2D eigenvalue weighted by atomic mass is 9.86. The van der Waals surface area contributed by atoms with E-state index < -0.39 is 5.60 Å². The summed E-state index contributed by atoms with van der Waals surface area (Å²) in [5, 5.41) is 9.38. The van der Waals surface area contributed by atoms with Crippen LogP contribution in [-0.2, 0) is 0 Å². The molecule has 1 heteroatoms. The molecule has 0 bridgehead atoms. The Morgan fingerprint density at radius 1 is 0.789 bits per heavy atom. The van der Waals surface area contributed by atoms with E-state index in [1.807, 2.05) is 13.8 Å². The lowest BCUT2D eigenvalue weighted by Crippen LogP contribution is -2.21.